The van der Waals surface area contributed by atoms with Crippen LogP contribution in [0.25, 0.3) is 0 Å². The van der Waals surface area contributed by atoms with Crippen molar-refractivity contribution in [1.29, 1.82) is 0 Å². The maximum Gasteiger partial charge on any atom is 0.307 e. The Kier molecular flexibility index (Phi) is 4.88. The molecule has 0 aromatic heterocycles. The van der Waals surface area contributed by atoms with Gasteiger partial charge in [0.2, 0.25) is 5.91 Å². The van der Waals surface area contributed by atoms with Gasteiger partial charge >= 0.3 is 5.97 Å². The van der Waals surface area contributed by atoms with Gasteiger partial charge in [0.25, 0.3) is 0 Å². The molecule has 1 aromatic rings. The van der Waals surface area contributed by atoms with Crippen molar-refractivity contribution in [2.24, 2.45) is 11.8 Å². The summed E-state index contributed by atoms with van der Waals surface area (Å²) in [6.45, 7) is -0.148. The molecule has 0 unspecified atom stereocenters. The Balaban J connectivity index is 2.00. The normalized spacial score (nSPS) is 21.8. The molecule has 0 heterocycles. The fourth-order valence-electron chi connectivity index (χ4n) is 2.73. The van der Waals surface area contributed by atoms with Gasteiger partial charge in [-0.1, -0.05) is 12.8 Å². The minimum absolute atomic E-state index is 0.0473. The van der Waals surface area contributed by atoms with E-state index >= 15 is 0 Å². The highest BCUT2D eigenvalue weighted by molar-refractivity contribution is 5.84. The van der Waals surface area contributed by atoms with Crippen LogP contribution < -0.4 is 5.32 Å². The van der Waals surface area contributed by atoms with Crippen molar-refractivity contribution in [1.82, 2.24) is 5.32 Å². The van der Waals surface area contributed by atoms with E-state index in [4.69, 9.17) is 5.11 Å². The summed E-state index contributed by atoms with van der Waals surface area (Å²) in [5.74, 6) is -3.88. The van der Waals surface area contributed by atoms with Crippen molar-refractivity contribution in [3.8, 4) is 0 Å². The summed E-state index contributed by atoms with van der Waals surface area (Å²) >= 11 is 0. The molecular formula is C15H17F2NO3. The van der Waals surface area contributed by atoms with Gasteiger partial charge in [-0.3, -0.25) is 9.59 Å². The second-order valence-corrected chi connectivity index (χ2v) is 5.29. The lowest BCUT2D eigenvalue weighted by Gasteiger charge is -2.27. The van der Waals surface area contributed by atoms with Gasteiger partial charge < -0.3 is 10.4 Å². The largest absolute Gasteiger partial charge is 0.481 e. The number of amides is 1. The predicted molar refractivity (Wildman–Crippen MR) is 71.3 cm³/mol. The molecule has 0 radical (unpaired) electrons. The summed E-state index contributed by atoms with van der Waals surface area (Å²) in [5, 5.41) is 11.6. The van der Waals surface area contributed by atoms with Crippen molar-refractivity contribution in [2.75, 3.05) is 0 Å². The molecule has 1 saturated carbocycles. The molecular weight excluding hydrogens is 280 g/mol. The number of rotatable bonds is 4. The van der Waals surface area contributed by atoms with Gasteiger partial charge in [-0.25, -0.2) is 8.78 Å². The number of carboxylic acids is 1. The van der Waals surface area contributed by atoms with Crippen molar-refractivity contribution >= 4 is 11.9 Å². The highest BCUT2D eigenvalue weighted by atomic mass is 19.1. The molecule has 1 fully saturated rings. The number of aliphatic carboxylic acids is 1. The van der Waals surface area contributed by atoms with Crippen LogP contribution in [0, 0.1) is 23.5 Å². The fraction of sp³-hybridized carbons (Fsp3) is 0.467. The third kappa shape index (κ3) is 3.77. The molecule has 0 saturated heterocycles. The van der Waals surface area contributed by atoms with Crippen molar-refractivity contribution in [2.45, 2.75) is 32.2 Å². The fourth-order valence-corrected chi connectivity index (χ4v) is 2.73. The number of carboxylic acid groups (broad SMARTS) is 1. The zero-order valence-electron chi connectivity index (χ0n) is 11.4. The van der Waals surface area contributed by atoms with E-state index in [1.165, 1.54) is 0 Å². The van der Waals surface area contributed by atoms with Crippen LogP contribution >= 0.6 is 0 Å². The van der Waals surface area contributed by atoms with Gasteiger partial charge in [-0.05, 0) is 31.0 Å². The first-order chi connectivity index (χ1) is 9.99. The zero-order valence-corrected chi connectivity index (χ0v) is 11.4. The lowest BCUT2D eigenvalue weighted by Crippen LogP contribution is -2.39. The van der Waals surface area contributed by atoms with Gasteiger partial charge in [0, 0.05) is 12.1 Å². The minimum Gasteiger partial charge on any atom is -0.481 e. The highest BCUT2D eigenvalue weighted by Crippen LogP contribution is 2.30. The highest BCUT2D eigenvalue weighted by Gasteiger charge is 2.35. The monoisotopic (exact) mass is 297 g/mol. The SMILES string of the molecule is O=C(NCc1cc(F)ccc1F)[C@H]1CCCC[C@H]1C(=O)O. The standard InChI is InChI=1S/C15H17F2NO3/c16-10-5-6-13(17)9(7-10)8-18-14(19)11-3-1-2-4-12(11)15(20)21/h5-7,11-12H,1-4,8H2,(H,18,19)(H,20,21)/t11-,12+/m0/s1. The third-order valence-corrected chi connectivity index (χ3v) is 3.88. The molecule has 4 nitrogen and oxygen atoms in total. The molecule has 2 rings (SSSR count). The van der Waals surface area contributed by atoms with Gasteiger partial charge in [-0.2, -0.15) is 0 Å². The maximum atomic E-state index is 13.5. The first kappa shape index (κ1) is 15.4. The number of nitrogens with one attached hydrogen (secondary N) is 1. The van der Waals surface area contributed by atoms with E-state index in [2.05, 4.69) is 5.32 Å². The van der Waals surface area contributed by atoms with Crippen molar-refractivity contribution < 1.29 is 23.5 Å². The molecule has 21 heavy (non-hydrogen) atoms. The summed E-state index contributed by atoms with van der Waals surface area (Å²) in [7, 11) is 0. The third-order valence-electron chi connectivity index (χ3n) is 3.88. The van der Waals surface area contributed by atoms with Crippen molar-refractivity contribution in [3.63, 3.8) is 0 Å². The van der Waals surface area contributed by atoms with Crippen LogP contribution in [-0.4, -0.2) is 17.0 Å². The number of carbonyl (C=O) groups excluding carboxylic acids is 1. The first-order valence-corrected chi connectivity index (χ1v) is 6.93. The molecule has 1 aliphatic rings. The number of carbonyl (C=O) groups is 2. The summed E-state index contributed by atoms with van der Waals surface area (Å²) in [6, 6.07) is 3.02. The van der Waals surface area contributed by atoms with Crippen LogP contribution in [0.1, 0.15) is 31.2 Å². The van der Waals surface area contributed by atoms with Crippen LogP contribution in [0.2, 0.25) is 0 Å². The summed E-state index contributed by atoms with van der Waals surface area (Å²) in [5.41, 5.74) is 0.0473. The van der Waals surface area contributed by atoms with E-state index in [-0.39, 0.29) is 12.1 Å². The molecule has 2 atom stereocenters. The average molecular weight is 297 g/mol. The van der Waals surface area contributed by atoms with E-state index in [1.807, 2.05) is 0 Å². The first-order valence-electron chi connectivity index (χ1n) is 6.93. The predicted octanol–water partition coefficient (Wildman–Crippen LogP) is 2.47. The summed E-state index contributed by atoms with van der Waals surface area (Å²) < 4.78 is 26.5. The van der Waals surface area contributed by atoms with Gasteiger partial charge in [-0.15, -0.1) is 0 Å². The Bertz CT molecular complexity index is 548. The van der Waals surface area contributed by atoms with E-state index in [9.17, 15) is 18.4 Å². The van der Waals surface area contributed by atoms with E-state index in [1.54, 1.807) is 0 Å². The second-order valence-electron chi connectivity index (χ2n) is 5.29. The number of benzene rings is 1. The summed E-state index contributed by atoms with van der Waals surface area (Å²) in [4.78, 5) is 23.2. The molecule has 6 heteroatoms. The molecule has 2 N–H and O–H groups in total. The maximum absolute atomic E-state index is 13.5. The van der Waals surface area contributed by atoms with Crippen molar-refractivity contribution in [3.05, 3.63) is 35.4 Å². The Hall–Kier alpha value is -1.98. The van der Waals surface area contributed by atoms with Gasteiger partial charge in [0.05, 0.1) is 11.8 Å². The van der Waals surface area contributed by atoms with Gasteiger partial charge in [0.1, 0.15) is 11.6 Å². The van der Waals surface area contributed by atoms with E-state index < -0.39 is 35.3 Å². The molecule has 0 bridgehead atoms. The smallest absolute Gasteiger partial charge is 0.307 e. The molecule has 0 aliphatic heterocycles. The quantitative estimate of drug-likeness (QED) is 0.897. The Morgan fingerprint density at radius 1 is 1.19 bits per heavy atom. The van der Waals surface area contributed by atoms with Crippen LogP contribution in [0.3, 0.4) is 0 Å². The lowest BCUT2D eigenvalue weighted by atomic mass is 9.78. The lowest BCUT2D eigenvalue weighted by molar-refractivity contribution is -0.148. The van der Waals surface area contributed by atoms with Crippen LogP contribution in [-0.2, 0) is 16.1 Å². The number of hydrogen-bond acceptors (Lipinski definition) is 2. The molecule has 1 aliphatic carbocycles. The Morgan fingerprint density at radius 3 is 2.52 bits per heavy atom. The van der Waals surface area contributed by atoms with Crippen LogP contribution in [0.5, 0.6) is 0 Å². The Labute approximate surface area is 121 Å². The zero-order chi connectivity index (χ0) is 15.4. The molecule has 114 valence electrons. The van der Waals surface area contributed by atoms with Gasteiger partial charge in [0.15, 0.2) is 0 Å². The summed E-state index contributed by atoms with van der Waals surface area (Å²) in [6.07, 6.45) is 2.58. The van der Waals surface area contributed by atoms with E-state index in [0.29, 0.717) is 12.8 Å². The van der Waals surface area contributed by atoms with Crippen LogP contribution in [0.15, 0.2) is 18.2 Å². The Morgan fingerprint density at radius 2 is 1.86 bits per heavy atom. The molecule has 0 spiro atoms. The number of halogens is 2. The molecule has 1 amide bonds. The average Bonchev–Trinajstić information content (AvgIpc) is 2.47. The minimum atomic E-state index is -0.980. The van der Waals surface area contributed by atoms with Crippen LogP contribution in [0.4, 0.5) is 8.78 Å². The second kappa shape index (κ2) is 6.65. The molecule has 1 aromatic carbocycles. The number of hydrogen-bond donors (Lipinski definition) is 2. The van der Waals surface area contributed by atoms with E-state index in [0.717, 1.165) is 31.0 Å². The topological polar surface area (TPSA) is 66.4 Å².